The Hall–Kier alpha value is -1.95. The van der Waals surface area contributed by atoms with Crippen molar-refractivity contribution in [2.75, 3.05) is 7.11 Å². The lowest BCUT2D eigenvalue weighted by atomic mass is 10.0. The highest BCUT2D eigenvalue weighted by Crippen LogP contribution is 2.39. The van der Waals surface area contributed by atoms with Crippen molar-refractivity contribution in [2.45, 2.75) is 45.9 Å². The lowest BCUT2D eigenvalue weighted by Crippen LogP contribution is -2.14. The van der Waals surface area contributed by atoms with Crippen LogP contribution in [0.1, 0.15) is 37.8 Å². The monoisotopic (exact) mass is 387 g/mol. The third-order valence-corrected chi connectivity index (χ3v) is 4.39. The Bertz CT molecular complexity index is 774. The predicted octanol–water partition coefficient (Wildman–Crippen LogP) is 6.31. The molecule has 0 atom stereocenters. The molecule has 1 heterocycles. The van der Waals surface area contributed by atoms with Crippen LogP contribution >= 0.6 is 11.6 Å². The van der Waals surface area contributed by atoms with Gasteiger partial charge in [-0.15, -0.1) is 0 Å². The average molecular weight is 388 g/mol. The van der Waals surface area contributed by atoms with Gasteiger partial charge in [0.1, 0.15) is 5.75 Å². The molecule has 0 radical (unpaired) electrons. The SMILES string of the molecule is CCC(CC)Oc1cc(C)c(-c2ccc(C(F)(F)F)cc2OC)nc1Cl. The van der Waals surface area contributed by atoms with E-state index in [9.17, 15) is 13.2 Å². The Kier molecular flexibility index (Phi) is 6.39. The van der Waals surface area contributed by atoms with Crippen molar-refractivity contribution in [3.05, 3.63) is 40.5 Å². The van der Waals surface area contributed by atoms with Crippen LogP contribution < -0.4 is 9.47 Å². The first-order chi connectivity index (χ1) is 12.2. The normalized spacial score (nSPS) is 11.7. The predicted molar refractivity (Wildman–Crippen MR) is 96.0 cm³/mol. The first-order valence-electron chi connectivity index (χ1n) is 8.30. The molecule has 142 valence electrons. The molecule has 0 fully saturated rings. The number of aryl methyl sites for hydroxylation is 1. The van der Waals surface area contributed by atoms with Crippen molar-refractivity contribution in [2.24, 2.45) is 0 Å². The molecule has 3 nitrogen and oxygen atoms in total. The third kappa shape index (κ3) is 4.41. The fourth-order valence-corrected chi connectivity index (χ4v) is 2.80. The van der Waals surface area contributed by atoms with Crippen LogP contribution in [-0.4, -0.2) is 18.2 Å². The second-order valence-electron chi connectivity index (χ2n) is 5.91. The maximum Gasteiger partial charge on any atom is 0.416 e. The quantitative estimate of drug-likeness (QED) is 0.544. The van der Waals surface area contributed by atoms with Gasteiger partial charge < -0.3 is 9.47 Å². The number of rotatable bonds is 6. The Morgan fingerprint density at radius 2 is 1.77 bits per heavy atom. The maximum atomic E-state index is 12.9. The lowest BCUT2D eigenvalue weighted by Gasteiger charge is -2.18. The van der Waals surface area contributed by atoms with Gasteiger partial charge in [-0.2, -0.15) is 13.2 Å². The standard InChI is InChI=1S/C19H21ClF3NO2/c1-5-13(6-2)26-16-9-11(3)17(24-18(16)20)14-8-7-12(19(21,22)23)10-15(14)25-4/h7-10,13H,5-6H2,1-4H3. The number of ether oxygens (including phenoxy) is 2. The van der Waals surface area contributed by atoms with Gasteiger partial charge >= 0.3 is 6.18 Å². The highest BCUT2D eigenvalue weighted by Gasteiger charge is 2.31. The van der Waals surface area contributed by atoms with Gasteiger partial charge in [-0.05, 0) is 49.6 Å². The van der Waals surface area contributed by atoms with Crippen LogP contribution in [0.5, 0.6) is 11.5 Å². The van der Waals surface area contributed by atoms with Gasteiger partial charge in [0, 0.05) is 5.56 Å². The zero-order valence-electron chi connectivity index (χ0n) is 15.1. The van der Waals surface area contributed by atoms with Crippen LogP contribution in [0.3, 0.4) is 0 Å². The number of nitrogens with zero attached hydrogens (tertiary/aromatic N) is 1. The lowest BCUT2D eigenvalue weighted by molar-refractivity contribution is -0.137. The summed E-state index contributed by atoms with van der Waals surface area (Å²) in [6.45, 7) is 5.84. The minimum atomic E-state index is -4.45. The van der Waals surface area contributed by atoms with Crippen molar-refractivity contribution in [3.8, 4) is 22.8 Å². The molecule has 7 heteroatoms. The Morgan fingerprint density at radius 3 is 2.31 bits per heavy atom. The fraction of sp³-hybridized carbons (Fsp3) is 0.421. The molecule has 0 amide bonds. The van der Waals surface area contributed by atoms with Crippen LogP contribution in [0.4, 0.5) is 13.2 Å². The van der Waals surface area contributed by atoms with E-state index in [1.54, 1.807) is 13.0 Å². The minimum absolute atomic E-state index is 0.0279. The summed E-state index contributed by atoms with van der Waals surface area (Å²) in [5, 5.41) is 0.166. The van der Waals surface area contributed by atoms with Gasteiger partial charge in [0.25, 0.3) is 0 Å². The van der Waals surface area contributed by atoms with E-state index in [2.05, 4.69) is 4.98 Å². The fourth-order valence-electron chi connectivity index (χ4n) is 2.62. The molecule has 26 heavy (non-hydrogen) atoms. The molecule has 0 saturated carbocycles. The molecule has 0 aliphatic rings. The minimum Gasteiger partial charge on any atom is -0.496 e. The number of aromatic nitrogens is 1. The summed E-state index contributed by atoms with van der Waals surface area (Å²) in [4.78, 5) is 4.34. The maximum absolute atomic E-state index is 12.9. The molecule has 2 aromatic rings. The summed E-state index contributed by atoms with van der Waals surface area (Å²) in [5.41, 5.74) is 0.843. The highest BCUT2D eigenvalue weighted by atomic mass is 35.5. The van der Waals surface area contributed by atoms with Crippen LogP contribution in [-0.2, 0) is 6.18 Å². The molecule has 0 aliphatic carbocycles. The summed E-state index contributed by atoms with van der Waals surface area (Å²) >= 11 is 6.25. The highest BCUT2D eigenvalue weighted by molar-refractivity contribution is 6.31. The number of benzene rings is 1. The summed E-state index contributed by atoms with van der Waals surface area (Å²) in [7, 11) is 1.32. The number of alkyl halides is 3. The molecule has 0 aliphatic heterocycles. The van der Waals surface area contributed by atoms with Gasteiger partial charge in [0.05, 0.1) is 24.5 Å². The first kappa shape index (κ1) is 20.4. The van der Waals surface area contributed by atoms with E-state index in [1.807, 2.05) is 13.8 Å². The molecule has 0 N–H and O–H groups in total. The molecular formula is C19H21ClF3NO2. The van der Waals surface area contributed by atoms with Gasteiger partial charge in [-0.25, -0.2) is 4.98 Å². The van der Waals surface area contributed by atoms with E-state index in [-0.39, 0.29) is 17.0 Å². The smallest absolute Gasteiger partial charge is 0.416 e. The summed E-state index contributed by atoms with van der Waals surface area (Å²) in [6, 6.07) is 5.05. The molecule has 2 rings (SSSR count). The van der Waals surface area contributed by atoms with E-state index in [4.69, 9.17) is 21.1 Å². The van der Waals surface area contributed by atoms with Gasteiger partial charge in [0.15, 0.2) is 10.9 Å². The van der Waals surface area contributed by atoms with Crippen molar-refractivity contribution >= 4 is 11.6 Å². The second kappa shape index (κ2) is 8.16. The first-order valence-corrected chi connectivity index (χ1v) is 8.68. The zero-order valence-corrected chi connectivity index (χ0v) is 15.8. The Morgan fingerprint density at radius 1 is 1.12 bits per heavy atom. The third-order valence-electron chi connectivity index (χ3n) is 4.12. The zero-order chi connectivity index (χ0) is 19.5. The van der Waals surface area contributed by atoms with Crippen molar-refractivity contribution in [1.29, 1.82) is 0 Å². The molecule has 0 saturated heterocycles. The number of methoxy groups -OCH3 is 1. The van der Waals surface area contributed by atoms with Crippen molar-refractivity contribution < 1.29 is 22.6 Å². The Labute approximate surface area is 156 Å². The molecule has 1 aromatic carbocycles. The number of halogens is 4. The van der Waals surface area contributed by atoms with Crippen molar-refractivity contribution in [3.63, 3.8) is 0 Å². The number of pyridine rings is 1. The van der Waals surface area contributed by atoms with Gasteiger partial charge in [0.2, 0.25) is 0 Å². The van der Waals surface area contributed by atoms with Crippen molar-refractivity contribution in [1.82, 2.24) is 4.98 Å². The van der Waals surface area contributed by atoms with E-state index < -0.39 is 11.7 Å². The average Bonchev–Trinajstić information content (AvgIpc) is 2.60. The summed E-state index contributed by atoms with van der Waals surface area (Å²) in [5.74, 6) is 0.549. The summed E-state index contributed by atoms with van der Waals surface area (Å²) < 4.78 is 49.8. The largest absolute Gasteiger partial charge is 0.496 e. The molecule has 0 unspecified atom stereocenters. The van der Waals surface area contributed by atoms with Gasteiger partial charge in [-0.3, -0.25) is 0 Å². The molecule has 0 bridgehead atoms. The van der Waals surface area contributed by atoms with Crippen LogP contribution in [0.25, 0.3) is 11.3 Å². The van der Waals surface area contributed by atoms with E-state index >= 15 is 0 Å². The second-order valence-corrected chi connectivity index (χ2v) is 6.27. The van der Waals surface area contributed by atoms with E-state index in [0.29, 0.717) is 17.0 Å². The molecule has 0 spiro atoms. The van der Waals surface area contributed by atoms with Crippen LogP contribution in [0.15, 0.2) is 24.3 Å². The van der Waals surface area contributed by atoms with E-state index in [0.717, 1.165) is 30.5 Å². The molecule has 1 aromatic heterocycles. The van der Waals surface area contributed by atoms with Crippen LogP contribution in [0.2, 0.25) is 5.15 Å². The molecular weight excluding hydrogens is 367 g/mol. The Balaban J connectivity index is 2.48. The summed E-state index contributed by atoms with van der Waals surface area (Å²) in [6.07, 6.45) is -2.75. The number of hydrogen-bond acceptors (Lipinski definition) is 3. The topological polar surface area (TPSA) is 31.4 Å². The van der Waals surface area contributed by atoms with E-state index in [1.165, 1.54) is 13.2 Å². The number of hydrogen-bond donors (Lipinski definition) is 0. The van der Waals surface area contributed by atoms with Gasteiger partial charge in [-0.1, -0.05) is 25.4 Å². The van der Waals surface area contributed by atoms with Crippen LogP contribution in [0, 0.1) is 6.92 Å².